The highest BCUT2D eigenvalue weighted by Crippen LogP contribution is 2.43. The lowest BCUT2D eigenvalue weighted by Gasteiger charge is -2.42. The Bertz CT molecular complexity index is 1330. The predicted molar refractivity (Wildman–Crippen MR) is 136 cm³/mol. The van der Waals surface area contributed by atoms with Gasteiger partial charge in [-0.2, -0.15) is 0 Å². The van der Waals surface area contributed by atoms with Gasteiger partial charge in [-0.1, -0.05) is 35.9 Å². The van der Waals surface area contributed by atoms with Gasteiger partial charge in [-0.05, 0) is 37.5 Å². The summed E-state index contributed by atoms with van der Waals surface area (Å²) in [5, 5.41) is 1.29. The van der Waals surface area contributed by atoms with Crippen LogP contribution < -0.4 is 0 Å². The molecule has 0 saturated carbocycles. The summed E-state index contributed by atoms with van der Waals surface area (Å²) in [5.74, 6) is -0.0740. The van der Waals surface area contributed by atoms with Gasteiger partial charge in [-0.3, -0.25) is 9.36 Å². The van der Waals surface area contributed by atoms with Crippen molar-refractivity contribution in [3.63, 3.8) is 0 Å². The molecule has 1 aromatic heterocycles. The Labute approximate surface area is 208 Å². The van der Waals surface area contributed by atoms with Gasteiger partial charge in [0.25, 0.3) is 5.91 Å². The number of carbonyl (C=O) groups is 2. The molecule has 0 aliphatic carbocycles. The summed E-state index contributed by atoms with van der Waals surface area (Å²) < 4.78 is 7.65. The van der Waals surface area contributed by atoms with E-state index in [1.54, 1.807) is 22.9 Å². The Morgan fingerprint density at radius 2 is 1.71 bits per heavy atom. The molecule has 7 nitrogen and oxygen atoms in total. The zero-order chi connectivity index (χ0) is 24.0. The predicted octanol–water partition coefficient (Wildman–Crippen LogP) is 5.57. The highest BCUT2D eigenvalue weighted by molar-refractivity contribution is 6.31. The smallest absolute Gasteiger partial charge is 0.328 e. The van der Waals surface area contributed by atoms with Crippen LogP contribution in [0.1, 0.15) is 48.0 Å². The van der Waals surface area contributed by atoms with Gasteiger partial charge in [-0.25, -0.2) is 9.79 Å². The van der Waals surface area contributed by atoms with Crippen molar-refractivity contribution >= 4 is 46.5 Å². The van der Waals surface area contributed by atoms with E-state index >= 15 is 0 Å². The molecule has 0 radical (unpaired) electrons. The topological polar surface area (TPSA) is 67.1 Å². The number of likely N-dealkylation sites (tertiary alicyclic amines) is 2. The number of rotatable bonds is 1. The van der Waals surface area contributed by atoms with E-state index in [9.17, 15) is 9.59 Å². The van der Waals surface area contributed by atoms with E-state index in [4.69, 9.17) is 16.3 Å². The van der Waals surface area contributed by atoms with E-state index in [-0.39, 0.29) is 11.9 Å². The number of fused-ring (bicyclic) bond motifs is 3. The van der Waals surface area contributed by atoms with Crippen LogP contribution in [0.3, 0.4) is 0 Å². The second-order valence-corrected chi connectivity index (χ2v) is 10.00. The Morgan fingerprint density at radius 3 is 2.51 bits per heavy atom. The molecule has 0 N–H and O–H groups in total. The quantitative estimate of drug-likeness (QED) is 0.448. The van der Waals surface area contributed by atoms with Gasteiger partial charge in [0.1, 0.15) is 5.60 Å². The van der Waals surface area contributed by atoms with Crippen LogP contribution in [0.15, 0.2) is 53.7 Å². The first kappa shape index (κ1) is 22.2. The van der Waals surface area contributed by atoms with E-state index in [1.165, 1.54) is 6.40 Å². The van der Waals surface area contributed by atoms with Crippen LogP contribution >= 0.6 is 11.6 Å². The lowest BCUT2D eigenvalue weighted by molar-refractivity contribution is -0.00614. The van der Waals surface area contributed by atoms with E-state index in [1.807, 2.05) is 34.1 Å². The van der Waals surface area contributed by atoms with Crippen LogP contribution in [0.4, 0.5) is 10.5 Å². The van der Waals surface area contributed by atoms with E-state index < -0.39 is 5.60 Å². The van der Waals surface area contributed by atoms with Crippen LogP contribution in [-0.2, 0) is 10.3 Å². The molecular weight excluding hydrogens is 464 g/mol. The molecule has 0 bridgehead atoms. The normalized spacial score (nSPS) is 19.0. The van der Waals surface area contributed by atoms with Crippen molar-refractivity contribution in [1.29, 1.82) is 0 Å². The molecule has 2 saturated heterocycles. The number of hydrogen-bond donors (Lipinski definition) is 0. The van der Waals surface area contributed by atoms with Gasteiger partial charge in [0.05, 0.1) is 16.8 Å². The van der Waals surface area contributed by atoms with Crippen molar-refractivity contribution in [2.24, 2.45) is 4.99 Å². The monoisotopic (exact) mass is 490 g/mol. The van der Waals surface area contributed by atoms with Crippen LogP contribution in [0.25, 0.3) is 10.9 Å². The van der Waals surface area contributed by atoms with Crippen LogP contribution in [-0.4, -0.2) is 58.9 Å². The summed E-state index contributed by atoms with van der Waals surface area (Å²) in [7, 11) is 0. The van der Waals surface area contributed by atoms with Crippen molar-refractivity contribution in [2.45, 2.75) is 37.7 Å². The van der Waals surface area contributed by atoms with E-state index in [2.05, 4.69) is 11.1 Å². The molecule has 2 amide bonds. The molecule has 3 aromatic rings. The number of halogens is 1. The fourth-order valence-corrected chi connectivity index (χ4v) is 5.78. The second-order valence-electron chi connectivity index (χ2n) is 9.56. The Morgan fingerprint density at radius 1 is 0.943 bits per heavy atom. The summed E-state index contributed by atoms with van der Waals surface area (Å²) in [6, 6.07) is 13.3. The molecule has 3 aliphatic heterocycles. The molecular formula is C27H27ClN4O3. The van der Waals surface area contributed by atoms with Gasteiger partial charge >= 0.3 is 6.03 Å². The first-order chi connectivity index (χ1) is 17.1. The highest BCUT2D eigenvalue weighted by atomic mass is 35.5. The minimum absolute atomic E-state index is 0.0740. The molecule has 0 unspecified atom stereocenters. The highest BCUT2D eigenvalue weighted by Gasteiger charge is 2.42. The zero-order valence-electron chi connectivity index (χ0n) is 19.5. The number of amides is 2. The van der Waals surface area contributed by atoms with E-state index in [0.29, 0.717) is 42.0 Å². The first-order valence-corrected chi connectivity index (χ1v) is 12.6. The SMILES string of the molecule is O=C(c1cn(C(=O)N2CCCCC2)c2cc(Cl)ccc12)N1CCC2(CC1)OC=Nc1ccccc12. The number of piperidine rings is 2. The third-order valence-electron chi connectivity index (χ3n) is 7.55. The molecule has 3 aliphatic rings. The van der Waals surface area contributed by atoms with Gasteiger partial charge in [0, 0.05) is 61.2 Å². The molecule has 4 heterocycles. The summed E-state index contributed by atoms with van der Waals surface area (Å²) in [4.78, 5) is 35.2. The van der Waals surface area contributed by atoms with Crippen LogP contribution in [0.5, 0.6) is 0 Å². The number of ether oxygens (including phenoxy) is 1. The maximum absolute atomic E-state index is 13.7. The lowest BCUT2D eigenvalue weighted by Crippen LogP contribution is -2.47. The largest absolute Gasteiger partial charge is 0.472 e. The van der Waals surface area contributed by atoms with E-state index in [0.717, 1.165) is 49.0 Å². The maximum atomic E-state index is 13.7. The Hall–Kier alpha value is -3.32. The van der Waals surface area contributed by atoms with Crippen molar-refractivity contribution < 1.29 is 14.3 Å². The van der Waals surface area contributed by atoms with Gasteiger partial charge in [-0.15, -0.1) is 0 Å². The Balaban J connectivity index is 1.28. The van der Waals surface area contributed by atoms with Crippen molar-refractivity contribution in [1.82, 2.24) is 14.4 Å². The minimum atomic E-state index is -0.457. The van der Waals surface area contributed by atoms with Gasteiger partial charge in [0.2, 0.25) is 0 Å². The molecule has 2 aromatic carbocycles. The van der Waals surface area contributed by atoms with Crippen LogP contribution in [0, 0.1) is 0 Å². The second kappa shape index (κ2) is 8.72. The molecule has 6 rings (SSSR count). The molecule has 2 fully saturated rings. The van der Waals surface area contributed by atoms with Crippen molar-refractivity contribution in [3.8, 4) is 0 Å². The molecule has 180 valence electrons. The third-order valence-corrected chi connectivity index (χ3v) is 7.79. The Kier molecular flexibility index (Phi) is 5.52. The number of carbonyl (C=O) groups excluding carboxylic acids is 2. The number of hydrogen-bond acceptors (Lipinski definition) is 4. The fraction of sp³-hybridized carbons (Fsp3) is 0.370. The maximum Gasteiger partial charge on any atom is 0.328 e. The summed E-state index contributed by atoms with van der Waals surface area (Å²) >= 11 is 6.28. The average Bonchev–Trinajstić information content (AvgIpc) is 3.28. The lowest BCUT2D eigenvalue weighted by atomic mass is 9.82. The molecule has 1 spiro atoms. The minimum Gasteiger partial charge on any atom is -0.472 e. The van der Waals surface area contributed by atoms with Gasteiger partial charge < -0.3 is 14.5 Å². The van der Waals surface area contributed by atoms with Gasteiger partial charge in [0.15, 0.2) is 6.40 Å². The number of nitrogens with zero attached hydrogens (tertiary/aromatic N) is 4. The van der Waals surface area contributed by atoms with Crippen LogP contribution in [0.2, 0.25) is 5.02 Å². The summed E-state index contributed by atoms with van der Waals surface area (Å²) in [6.45, 7) is 2.59. The molecule has 35 heavy (non-hydrogen) atoms. The number of benzene rings is 2. The first-order valence-electron chi connectivity index (χ1n) is 12.2. The number of aliphatic imine (C=N–C) groups is 1. The molecule has 8 heteroatoms. The standard InChI is InChI=1S/C27H27ClN4O3/c28-19-8-9-20-21(17-32(24(20)16-19)26(34)31-12-4-1-5-13-31)25(33)30-14-10-27(11-15-30)22-6-2-3-7-23(22)29-18-35-27/h2-3,6-9,16-18H,1,4-5,10-15H2. The average molecular weight is 491 g/mol. The fourth-order valence-electron chi connectivity index (χ4n) is 5.61. The van der Waals surface area contributed by atoms with Crippen molar-refractivity contribution in [2.75, 3.05) is 26.2 Å². The van der Waals surface area contributed by atoms with Crippen molar-refractivity contribution in [3.05, 3.63) is 64.8 Å². The molecule has 0 atom stereocenters. The summed E-state index contributed by atoms with van der Waals surface area (Å²) in [6.07, 6.45) is 7.74. The number of aromatic nitrogens is 1. The number of para-hydroxylation sites is 1. The zero-order valence-corrected chi connectivity index (χ0v) is 20.2. The third kappa shape index (κ3) is 3.78. The summed E-state index contributed by atoms with van der Waals surface area (Å²) in [5.41, 5.74) is 2.75.